The van der Waals surface area contributed by atoms with Crippen LogP contribution in [-0.4, -0.2) is 89.8 Å². The first-order valence-electron chi connectivity index (χ1n) is 16.5. The number of urea groups is 1. The number of aliphatic imine (C=N–C) groups is 1. The Morgan fingerprint density at radius 2 is 1.47 bits per heavy atom. The number of rotatable bonds is 8. The molecule has 3 aliphatic heterocycles. The minimum atomic E-state index is -4.59. The first-order chi connectivity index (χ1) is 23.6. The second kappa shape index (κ2) is 15.1. The molecular weight excluding hydrogens is 678 g/mol. The molecule has 2 amide bonds. The van der Waals surface area contributed by atoms with Gasteiger partial charge in [0, 0.05) is 49.3 Å². The lowest BCUT2D eigenvalue weighted by Gasteiger charge is -2.43. The van der Waals surface area contributed by atoms with Crippen molar-refractivity contribution in [2.24, 2.45) is 4.99 Å². The quantitative estimate of drug-likeness (QED) is 0.224. The Hall–Kier alpha value is -3.64. The Morgan fingerprint density at radius 1 is 0.878 bits per heavy atom. The number of benzene rings is 3. The number of piperidine rings is 1. The number of nitrogens with zero attached hydrogens (tertiary/aromatic N) is 5. The van der Waals surface area contributed by atoms with Crippen LogP contribution >= 0.6 is 23.2 Å². The molecule has 2 saturated heterocycles. The second-order valence-electron chi connectivity index (χ2n) is 12.4. The van der Waals surface area contributed by atoms with Gasteiger partial charge in [0.25, 0.3) is 0 Å². The molecule has 3 aromatic rings. The van der Waals surface area contributed by atoms with Crippen LogP contribution in [0, 0.1) is 0 Å². The van der Waals surface area contributed by atoms with Crippen LogP contribution in [0.5, 0.6) is 5.75 Å². The molecule has 0 bridgehead atoms. The topological polar surface area (TPSA) is 68.7 Å². The zero-order valence-corrected chi connectivity index (χ0v) is 28.6. The number of hydrogen-bond acceptors (Lipinski definition) is 6. The molecule has 260 valence electrons. The zero-order chi connectivity index (χ0) is 34.7. The van der Waals surface area contributed by atoms with Gasteiger partial charge in [0.1, 0.15) is 23.8 Å². The lowest BCUT2D eigenvalue weighted by Crippen LogP contribution is -2.60. The van der Waals surface area contributed by atoms with Crippen molar-refractivity contribution in [3.05, 3.63) is 99.0 Å². The van der Waals surface area contributed by atoms with Crippen LogP contribution in [0.3, 0.4) is 0 Å². The normalized spacial score (nSPS) is 21.4. The van der Waals surface area contributed by atoms with Gasteiger partial charge < -0.3 is 14.4 Å². The maximum Gasteiger partial charge on any atom is 0.416 e. The van der Waals surface area contributed by atoms with Gasteiger partial charge in [-0.05, 0) is 73.4 Å². The Balaban J connectivity index is 1.40. The van der Waals surface area contributed by atoms with E-state index in [-0.39, 0.29) is 36.0 Å². The number of carbonyl (C=O) groups is 2. The molecule has 3 aliphatic rings. The van der Waals surface area contributed by atoms with E-state index in [4.69, 9.17) is 32.9 Å². The van der Waals surface area contributed by atoms with E-state index in [1.165, 1.54) is 6.07 Å². The minimum Gasteiger partial charge on any atom is -0.493 e. The average molecular weight is 717 g/mol. The van der Waals surface area contributed by atoms with Gasteiger partial charge in [0.15, 0.2) is 6.29 Å². The van der Waals surface area contributed by atoms with E-state index in [0.717, 1.165) is 61.9 Å². The van der Waals surface area contributed by atoms with Gasteiger partial charge in [-0.1, -0.05) is 53.9 Å². The number of amidine groups is 1. The van der Waals surface area contributed by atoms with Crippen molar-refractivity contribution in [2.75, 3.05) is 45.9 Å². The molecular formula is C36H38Cl2F3N5O3. The molecule has 3 aromatic carbocycles. The fourth-order valence-corrected chi connectivity index (χ4v) is 7.18. The van der Waals surface area contributed by atoms with E-state index in [0.29, 0.717) is 36.2 Å². The SMILES string of the molecule is CCOc1cc(C(F)(F)F)ccc1C1=NC(c2ccc(Cl)cc2)C(c2ccc(Cl)cc2)N1C(=O)N1CCN(C(C=O)N2CCCCC2)CC1. The summed E-state index contributed by atoms with van der Waals surface area (Å²) >= 11 is 12.5. The smallest absolute Gasteiger partial charge is 0.416 e. The largest absolute Gasteiger partial charge is 0.493 e. The van der Waals surface area contributed by atoms with Crippen molar-refractivity contribution in [1.82, 2.24) is 19.6 Å². The van der Waals surface area contributed by atoms with Crippen LogP contribution in [0.4, 0.5) is 18.0 Å². The van der Waals surface area contributed by atoms with Gasteiger partial charge in [-0.15, -0.1) is 0 Å². The van der Waals surface area contributed by atoms with Gasteiger partial charge in [0.2, 0.25) is 0 Å². The lowest BCUT2D eigenvalue weighted by molar-refractivity contribution is -0.137. The van der Waals surface area contributed by atoms with Crippen molar-refractivity contribution in [3.8, 4) is 5.75 Å². The molecule has 2 fully saturated rings. The molecule has 0 N–H and O–H groups in total. The Labute approximate surface area is 294 Å². The van der Waals surface area contributed by atoms with E-state index >= 15 is 0 Å². The molecule has 3 heterocycles. The van der Waals surface area contributed by atoms with Gasteiger partial charge >= 0.3 is 12.2 Å². The Kier molecular flexibility index (Phi) is 10.8. The van der Waals surface area contributed by atoms with Gasteiger partial charge in [-0.2, -0.15) is 13.2 Å². The summed E-state index contributed by atoms with van der Waals surface area (Å²) in [6.07, 6.45) is -0.704. The predicted molar refractivity (Wildman–Crippen MR) is 183 cm³/mol. The number of halogens is 5. The summed E-state index contributed by atoms with van der Waals surface area (Å²) in [4.78, 5) is 39.7. The molecule has 0 aromatic heterocycles. The molecule has 0 radical (unpaired) electrons. The summed E-state index contributed by atoms with van der Waals surface area (Å²) in [6.45, 7) is 5.20. The molecule has 49 heavy (non-hydrogen) atoms. The fourth-order valence-electron chi connectivity index (χ4n) is 6.93. The van der Waals surface area contributed by atoms with Crippen molar-refractivity contribution in [3.63, 3.8) is 0 Å². The Morgan fingerprint density at radius 3 is 2.04 bits per heavy atom. The molecule has 0 aliphatic carbocycles. The summed E-state index contributed by atoms with van der Waals surface area (Å²) in [5.41, 5.74) is 0.908. The second-order valence-corrected chi connectivity index (χ2v) is 13.3. The third-order valence-corrected chi connectivity index (χ3v) is 9.89. The van der Waals surface area contributed by atoms with Crippen LogP contribution in [0.2, 0.25) is 10.0 Å². The highest BCUT2D eigenvalue weighted by molar-refractivity contribution is 6.30. The summed E-state index contributed by atoms with van der Waals surface area (Å²) in [5.74, 6) is 0.171. The van der Waals surface area contributed by atoms with Crippen LogP contribution in [0.25, 0.3) is 0 Å². The van der Waals surface area contributed by atoms with E-state index in [1.54, 1.807) is 41.0 Å². The van der Waals surface area contributed by atoms with E-state index in [1.807, 2.05) is 24.3 Å². The number of aldehydes is 1. The highest BCUT2D eigenvalue weighted by Gasteiger charge is 2.45. The number of alkyl halides is 3. The Bertz CT molecular complexity index is 1660. The van der Waals surface area contributed by atoms with Crippen molar-refractivity contribution >= 4 is 41.4 Å². The average Bonchev–Trinajstić information content (AvgIpc) is 3.50. The van der Waals surface area contributed by atoms with Gasteiger partial charge in [-0.3, -0.25) is 19.7 Å². The standard InChI is InChI=1S/C36H38Cl2F3N5O3/c1-2-49-30-22-26(36(39,40)41)10-15-29(30)34-42-32(24-6-11-27(37)12-7-24)33(25-8-13-28(38)14-9-25)46(34)35(48)45-20-18-44(19-21-45)31(23-47)43-16-4-3-5-17-43/h6-15,22-23,31-33H,2-5,16-21H2,1H3. The minimum absolute atomic E-state index is 0.0272. The van der Waals surface area contributed by atoms with E-state index in [9.17, 15) is 22.8 Å². The molecule has 13 heteroatoms. The highest BCUT2D eigenvalue weighted by atomic mass is 35.5. The molecule has 0 spiro atoms. The number of carbonyl (C=O) groups excluding carboxylic acids is 2. The van der Waals surface area contributed by atoms with Crippen molar-refractivity contribution < 1.29 is 27.5 Å². The molecule has 3 unspecified atom stereocenters. The lowest BCUT2D eigenvalue weighted by atomic mass is 9.93. The monoisotopic (exact) mass is 715 g/mol. The summed E-state index contributed by atoms with van der Waals surface area (Å²) in [6, 6.07) is 15.9. The number of piperazine rings is 1. The maximum atomic E-state index is 14.8. The first kappa shape index (κ1) is 35.2. The van der Waals surface area contributed by atoms with Crippen LogP contribution in [0.1, 0.15) is 60.5 Å². The van der Waals surface area contributed by atoms with Crippen molar-refractivity contribution in [2.45, 2.75) is 50.6 Å². The third kappa shape index (κ3) is 7.60. The number of ether oxygens (including phenoxy) is 1. The third-order valence-electron chi connectivity index (χ3n) is 9.39. The molecule has 6 rings (SSSR count). The van der Waals surface area contributed by atoms with Gasteiger partial charge in [-0.25, -0.2) is 4.79 Å². The summed E-state index contributed by atoms with van der Waals surface area (Å²) < 4.78 is 47.2. The molecule has 3 atom stereocenters. The maximum absolute atomic E-state index is 14.8. The van der Waals surface area contributed by atoms with Crippen LogP contribution in [0.15, 0.2) is 71.7 Å². The predicted octanol–water partition coefficient (Wildman–Crippen LogP) is 7.70. The molecule has 0 saturated carbocycles. The van der Waals surface area contributed by atoms with Crippen LogP contribution < -0.4 is 4.74 Å². The van der Waals surface area contributed by atoms with Crippen LogP contribution in [-0.2, 0) is 11.0 Å². The van der Waals surface area contributed by atoms with E-state index in [2.05, 4.69) is 9.80 Å². The number of likely N-dealkylation sites (tertiary alicyclic amines) is 1. The van der Waals surface area contributed by atoms with Crippen molar-refractivity contribution in [1.29, 1.82) is 0 Å². The summed E-state index contributed by atoms with van der Waals surface area (Å²) in [7, 11) is 0. The highest BCUT2D eigenvalue weighted by Crippen LogP contribution is 2.46. The fraction of sp³-hybridized carbons (Fsp3) is 0.417. The van der Waals surface area contributed by atoms with E-state index < -0.39 is 23.8 Å². The number of hydrogen-bond donors (Lipinski definition) is 0. The number of amides is 2. The first-order valence-corrected chi connectivity index (χ1v) is 17.3. The summed E-state index contributed by atoms with van der Waals surface area (Å²) in [5, 5.41) is 1.04. The zero-order valence-electron chi connectivity index (χ0n) is 27.1. The van der Waals surface area contributed by atoms with Gasteiger partial charge in [0.05, 0.1) is 23.8 Å². The molecule has 8 nitrogen and oxygen atoms in total.